The summed E-state index contributed by atoms with van der Waals surface area (Å²) in [6.45, 7) is 6.89. The minimum absolute atomic E-state index is 0.599. The summed E-state index contributed by atoms with van der Waals surface area (Å²) in [6, 6.07) is 0. The molecule has 94 valence electrons. The largest absolute Gasteiger partial charge is 0.381 e. The van der Waals surface area contributed by atoms with E-state index >= 15 is 0 Å². The number of allylic oxidation sites excluding steroid dienone is 7. The molecule has 0 amide bonds. The molecule has 0 aliphatic rings. The van der Waals surface area contributed by atoms with Gasteiger partial charge in [-0.05, 0) is 18.1 Å². The Morgan fingerprint density at radius 1 is 1.12 bits per heavy atom. The summed E-state index contributed by atoms with van der Waals surface area (Å²) in [4.78, 5) is 0. The zero-order valence-electron chi connectivity index (χ0n) is 11.0. The highest BCUT2D eigenvalue weighted by molar-refractivity contribution is 5.35. The summed E-state index contributed by atoms with van der Waals surface area (Å²) in [5, 5.41) is 0. The maximum Gasteiger partial charge on any atom is 0.0673 e. The molecular weight excluding hydrogens is 212 g/mol. The van der Waals surface area contributed by atoms with Gasteiger partial charge in [-0.1, -0.05) is 49.1 Å². The molecule has 0 aliphatic heterocycles. The number of hydrogen-bond acceptors (Lipinski definition) is 2. The molecule has 0 aliphatic carbocycles. The number of rotatable bonds is 8. The fourth-order valence-electron chi connectivity index (χ4n) is 1.22. The zero-order valence-corrected chi connectivity index (χ0v) is 11.0. The van der Waals surface area contributed by atoms with Crippen molar-refractivity contribution in [2.24, 2.45) is 0 Å². The SMILES string of the molecule is C=C/C=C/C=C/C(=C/COC)/C=C(\C)COC. The third-order valence-corrected chi connectivity index (χ3v) is 1.92. The second-order valence-corrected chi connectivity index (χ2v) is 3.56. The molecule has 2 nitrogen and oxygen atoms in total. The van der Waals surface area contributed by atoms with Crippen LogP contribution in [0.2, 0.25) is 0 Å². The van der Waals surface area contributed by atoms with E-state index in [2.05, 4.69) is 12.7 Å². The third-order valence-electron chi connectivity index (χ3n) is 1.92. The Kier molecular flexibility index (Phi) is 10.2. The first-order chi connectivity index (χ1) is 8.24. The summed E-state index contributed by atoms with van der Waals surface area (Å²) in [5.74, 6) is 0. The topological polar surface area (TPSA) is 18.5 Å². The molecule has 0 N–H and O–H groups in total. The van der Waals surface area contributed by atoms with Crippen LogP contribution in [0.5, 0.6) is 0 Å². The van der Waals surface area contributed by atoms with E-state index in [9.17, 15) is 0 Å². The first-order valence-corrected chi connectivity index (χ1v) is 5.55. The molecule has 0 aromatic heterocycles. The van der Waals surface area contributed by atoms with Crippen molar-refractivity contribution in [2.45, 2.75) is 6.92 Å². The molecule has 2 heteroatoms. The molecule has 0 heterocycles. The standard InChI is InChI=1S/C15H22O2/c1-5-6-7-8-9-15(10-11-16-3)12-14(2)13-17-4/h5-10,12H,1,11,13H2,2-4H3/b7-6+,9-8+,14-12+,15-10-. The van der Waals surface area contributed by atoms with Gasteiger partial charge in [-0.15, -0.1) is 0 Å². The quantitative estimate of drug-likeness (QED) is 0.599. The Morgan fingerprint density at radius 3 is 2.47 bits per heavy atom. The van der Waals surface area contributed by atoms with Crippen LogP contribution >= 0.6 is 0 Å². The highest BCUT2D eigenvalue weighted by Crippen LogP contribution is 2.05. The molecular formula is C15H22O2. The first kappa shape index (κ1) is 15.6. The van der Waals surface area contributed by atoms with E-state index in [4.69, 9.17) is 9.47 Å². The minimum Gasteiger partial charge on any atom is -0.381 e. The van der Waals surface area contributed by atoms with Crippen molar-refractivity contribution in [2.75, 3.05) is 27.4 Å². The van der Waals surface area contributed by atoms with Crippen LogP contribution in [0, 0.1) is 0 Å². The summed E-state index contributed by atoms with van der Waals surface area (Å²) < 4.78 is 10.1. The van der Waals surface area contributed by atoms with Gasteiger partial charge in [-0.25, -0.2) is 0 Å². The second-order valence-electron chi connectivity index (χ2n) is 3.56. The smallest absolute Gasteiger partial charge is 0.0673 e. The van der Waals surface area contributed by atoms with Gasteiger partial charge >= 0.3 is 0 Å². The fourth-order valence-corrected chi connectivity index (χ4v) is 1.22. The van der Waals surface area contributed by atoms with Crippen molar-refractivity contribution >= 4 is 0 Å². The lowest BCUT2D eigenvalue weighted by Gasteiger charge is -2.00. The van der Waals surface area contributed by atoms with E-state index in [1.54, 1.807) is 20.3 Å². The molecule has 0 unspecified atom stereocenters. The molecule has 0 aromatic carbocycles. The lowest BCUT2D eigenvalue weighted by Crippen LogP contribution is -1.91. The Balaban J connectivity index is 4.64. The van der Waals surface area contributed by atoms with Crippen LogP contribution in [0.15, 0.2) is 60.3 Å². The maximum atomic E-state index is 5.07. The molecule has 0 radical (unpaired) electrons. The molecule has 0 bridgehead atoms. The van der Waals surface area contributed by atoms with Crippen molar-refractivity contribution in [3.05, 3.63) is 60.3 Å². The second kappa shape index (κ2) is 11.1. The van der Waals surface area contributed by atoms with E-state index < -0.39 is 0 Å². The van der Waals surface area contributed by atoms with Gasteiger partial charge in [0.25, 0.3) is 0 Å². The third kappa shape index (κ3) is 9.54. The van der Waals surface area contributed by atoms with Crippen LogP contribution in [-0.4, -0.2) is 27.4 Å². The van der Waals surface area contributed by atoms with E-state index in [1.165, 1.54) is 5.57 Å². The van der Waals surface area contributed by atoms with Crippen molar-refractivity contribution in [3.8, 4) is 0 Å². The first-order valence-electron chi connectivity index (χ1n) is 5.55. The van der Waals surface area contributed by atoms with Gasteiger partial charge in [-0.3, -0.25) is 0 Å². The van der Waals surface area contributed by atoms with E-state index in [0.717, 1.165) is 5.57 Å². The van der Waals surface area contributed by atoms with Crippen LogP contribution in [0.3, 0.4) is 0 Å². The van der Waals surface area contributed by atoms with Gasteiger partial charge in [0.15, 0.2) is 0 Å². The predicted octanol–water partition coefficient (Wildman–Crippen LogP) is 3.45. The van der Waals surface area contributed by atoms with E-state index in [-0.39, 0.29) is 0 Å². The van der Waals surface area contributed by atoms with Crippen molar-refractivity contribution in [1.29, 1.82) is 0 Å². The number of hydrogen-bond donors (Lipinski definition) is 0. The molecule has 0 rings (SSSR count). The van der Waals surface area contributed by atoms with Gasteiger partial charge in [0, 0.05) is 14.2 Å². The van der Waals surface area contributed by atoms with Gasteiger partial charge in [-0.2, -0.15) is 0 Å². The lowest BCUT2D eigenvalue weighted by molar-refractivity contribution is 0.225. The maximum absolute atomic E-state index is 5.07. The summed E-state index contributed by atoms with van der Waals surface area (Å²) in [5.41, 5.74) is 2.28. The summed E-state index contributed by atoms with van der Waals surface area (Å²) in [7, 11) is 3.37. The van der Waals surface area contributed by atoms with Crippen LogP contribution in [0.1, 0.15) is 6.92 Å². The monoisotopic (exact) mass is 234 g/mol. The van der Waals surface area contributed by atoms with Crippen LogP contribution in [-0.2, 0) is 9.47 Å². The molecule has 0 spiro atoms. The van der Waals surface area contributed by atoms with Crippen molar-refractivity contribution < 1.29 is 9.47 Å². The van der Waals surface area contributed by atoms with Crippen LogP contribution in [0.4, 0.5) is 0 Å². The molecule has 0 atom stereocenters. The summed E-state index contributed by atoms with van der Waals surface area (Å²) >= 11 is 0. The van der Waals surface area contributed by atoms with E-state index in [1.807, 2.05) is 37.3 Å². The molecule has 17 heavy (non-hydrogen) atoms. The van der Waals surface area contributed by atoms with Gasteiger partial charge in [0.05, 0.1) is 13.2 Å². The molecule has 0 aromatic rings. The number of methoxy groups -OCH3 is 2. The Hall–Kier alpha value is -1.38. The normalized spacial score (nSPS) is 13.8. The predicted molar refractivity (Wildman–Crippen MR) is 74.1 cm³/mol. The average Bonchev–Trinajstić information content (AvgIpc) is 2.31. The molecule has 0 saturated heterocycles. The van der Waals surface area contributed by atoms with Crippen LogP contribution in [0.25, 0.3) is 0 Å². The van der Waals surface area contributed by atoms with Crippen LogP contribution < -0.4 is 0 Å². The van der Waals surface area contributed by atoms with E-state index in [0.29, 0.717) is 13.2 Å². The Morgan fingerprint density at radius 2 is 1.88 bits per heavy atom. The molecule has 0 fully saturated rings. The van der Waals surface area contributed by atoms with Gasteiger partial charge in [0.2, 0.25) is 0 Å². The van der Waals surface area contributed by atoms with Gasteiger partial charge < -0.3 is 9.47 Å². The Labute approximate surface area is 105 Å². The fraction of sp³-hybridized carbons (Fsp3) is 0.333. The van der Waals surface area contributed by atoms with Crippen molar-refractivity contribution in [1.82, 2.24) is 0 Å². The highest BCUT2D eigenvalue weighted by Gasteiger charge is 1.91. The highest BCUT2D eigenvalue weighted by atomic mass is 16.5. The minimum atomic E-state index is 0.599. The average molecular weight is 234 g/mol. The molecule has 0 saturated carbocycles. The zero-order chi connectivity index (χ0) is 12.9. The van der Waals surface area contributed by atoms with Gasteiger partial charge in [0.1, 0.15) is 0 Å². The number of ether oxygens (including phenoxy) is 2. The summed E-state index contributed by atoms with van der Waals surface area (Å²) in [6.07, 6.45) is 13.7. The van der Waals surface area contributed by atoms with Crippen molar-refractivity contribution in [3.63, 3.8) is 0 Å². The lowest BCUT2D eigenvalue weighted by atomic mass is 10.1. The Bertz CT molecular complexity index is 320.